The number of benzene rings is 2. The molecule has 4 bridgehead atoms. The standard InChI is InChI=1S/C35H38N6O5S/c1-22(2)16-26-18-41(31(43)15-14-24-10-6-4-7-11-24)19-30(42)38-27(17-25-12-8-5-9-13-25)35-40-29(21-47-35)33(45)36-23(3)34-39-28(20-46-34)32(44)37-26/h4-15,20-23,26-27H,16-19H2,1-3H3,(H,36,45)(H,37,44)(H,38,42)/b15-14+/t23-,26-,27-/m1/s1. The zero-order chi connectivity index (χ0) is 33.3. The molecule has 0 unspecified atom stereocenters. The van der Waals surface area contributed by atoms with Crippen molar-refractivity contribution >= 4 is 41.0 Å². The summed E-state index contributed by atoms with van der Waals surface area (Å²) in [4.78, 5) is 64.2. The van der Waals surface area contributed by atoms with Crippen LogP contribution in [0.1, 0.15) is 82.3 Å². The van der Waals surface area contributed by atoms with E-state index in [-0.39, 0.29) is 42.2 Å². The first-order valence-corrected chi connectivity index (χ1v) is 16.4. The molecular formula is C35H38N6O5S. The number of fused-ring (bicyclic) bond motifs is 4. The molecule has 5 rings (SSSR count). The smallest absolute Gasteiger partial charge is 0.273 e. The molecule has 0 fully saturated rings. The van der Waals surface area contributed by atoms with Crippen LogP contribution in [0.2, 0.25) is 0 Å². The van der Waals surface area contributed by atoms with Gasteiger partial charge in [0.05, 0.1) is 12.6 Å². The molecule has 3 N–H and O–H groups in total. The van der Waals surface area contributed by atoms with Crippen LogP contribution in [-0.4, -0.2) is 57.6 Å². The predicted octanol–water partition coefficient (Wildman–Crippen LogP) is 4.72. The maximum Gasteiger partial charge on any atom is 0.273 e. The Labute approximate surface area is 277 Å². The summed E-state index contributed by atoms with van der Waals surface area (Å²) in [6.45, 7) is 5.54. The fourth-order valence-corrected chi connectivity index (χ4v) is 6.13. The highest BCUT2D eigenvalue weighted by Crippen LogP contribution is 2.24. The summed E-state index contributed by atoms with van der Waals surface area (Å²) in [6.07, 6.45) is 5.32. The third kappa shape index (κ3) is 9.23. The van der Waals surface area contributed by atoms with Crippen molar-refractivity contribution in [2.75, 3.05) is 13.1 Å². The molecule has 1 aliphatic rings. The number of oxazole rings is 1. The molecule has 2 aromatic heterocycles. The monoisotopic (exact) mass is 654 g/mol. The third-order valence-corrected chi connectivity index (χ3v) is 8.50. The van der Waals surface area contributed by atoms with E-state index in [4.69, 9.17) is 4.42 Å². The van der Waals surface area contributed by atoms with E-state index in [0.29, 0.717) is 17.8 Å². The Kier molecular flexibility index (Phi) is 10.9. The molecule has 47 heavy (non-hydrogen) atoms. The Bertz CT molecular complexity index is 1720. The first kappa shape index (κ1) is 33.3. The summed E-state index contributed by atoms with van der Waals surface area (Å²) >= 11 is 1.26. The van der Waals surface area contributed by atoms with Gasteiger partial charge in [-0.1, -0.05) is 74.5 Å². The quantitative estimate of drug-likeness (QED) is 0.255. The lowest BCUT2D eigenvalue weighted by Crippen LogP contribution is -2.49. The number of rotatable bonds is 6. The summed E-state index contributed by atoms with van der Waals surface area (Å²) in [7, 11) is 0. The number of nitrogens with one attached hydrogen (secondary N) is 3. The second kappa shape index (κ2) is 15.5. The van der Waals surface area contributed by atoms with Crippen LogP contribution < -0.4 is 16.0 Å². The Hall–Kier alpha value is -5.10. The summed E-state index contributed by atoms with van der Waals surface area (Å²) in [6, 6.07) is 17.3. The Morgan fingerprint density at radius 1 is 0.979 bits per heavy atom. The van der Waals surface area contributed by atoms with Gasteiger partial charge in [0.15, 0.2) is 5.69 Å². The van der Waals surface area contributed by atoms with E-state index in [1.807, 2.05) is 74.5 Å². The van der Waals surface area contributed by atoms with Crippen LogP contribution >= 0.6 is 11.3 Å². The van der Waals surface area contributed by atoms with E-state index >= 15 is 0 Å². The van der Waals surface area contributed by atoms with Crippen LogP contribution in [0.3, 0.4) is 0 Å². The summed E-state index contributed by atoms with van der Waals surface area (Å²) in [5, 5.41) is 11.0. The zero-order valence-corrected chi connectivity index (χ0v) is 27.3. The van der Waals surface area contributed by atoms with Crippen molar-refractivity contribution < 1.29 is 23.6 Å². The highest BCUT2D eigenvalue weighted by atomic mass is 32.1. The van der Waals surface area contributed by atoms with E-state index < -0.39 is 35.8 Å². The number of hydrogen-bond donors (Lipinski definition) is 3. The lowest BCUT2D eigenvalue weighted by molar-refractivity contribution is -0.133. The van der Waals surface area contributed by atoms with Crippen LogP contribution in [0.25, 0.3) is 6.08 Å². The Morgan fingerprint density at radius 2 is 1.68 bits per heavy atom. The third-order valence-electron chi connectivity index (χ3n) is 7.54. The molecule has 244 valence electrons. The van der Waals surface area contributed by atoms with Crippen molar-refractivity contribution in [2.24, 2.45) is 5.92 Å². The van der Waals surface area contributed by atoms with Gasteiger partial charge >= 0.3 is 0 Å². The zero-order valence-electron chi connectivity index (χ0n) is 26.5. The van der Waals surface area contributed by atoms with Crippen molar-refractivity contribution in [3.05, 3.63) is 112 Å². The fraction of sp³-hybridized carbons (Fsp3) is 0.314. The number of amides is 4. The Morgan fingerprint density at radius 3 is 2.40 bits per heavy atom. The predicted molar refractivity (Wildman–Crippen MR) is 178 cm³/mol. The summed E-state index contributed by atoms with van der Waals surface area (Å²) in [5.74, 6) is -1.40. The topological polar surface area (TPSA) is 147 Å². The van der Waals surface area contributed by atoms with Gasteiger partial charge in [0.25, 0.3) is 11.8 Å². The van der Waals surface area contributed by atoms with Gasteiger partial charge < -0.3 is 25.3 Å². The van der Waals surface area contributed by atoms with Gasteiger partial charge in [-0.05, 0) is 42.9 Å². The number of carbonyl (C=O) groups is 4. The van der Waals surface area contributed by atoms with Gasteiger partial charge in [-0.2, -0.15) is 0 Å². The lowest BCUT2D eigenvalue weighted by atomic mass is 10.0. The largest absolute Gasteiger partial charge is 0.446 e. The molecular weight excluding hydrogens is 616 g/mol. The minimum absolute atomic E-state index is 0.0373. The van der Waals surface area contributed by atoms with Gasteiger partial charge in [0.2, 0.25) is 17.7 Å². The number of aromatic nitrogens is 2. The van der Waals surface area contributed by atoms with Crippen molar-refractivity contribution in [2.45, 2.75) is 51.7 Å². The highest BCUT2D eigenvalue weighted by Gasteiger charge is 2.28. The van der Waals surface area contributed by atoms with Gasteiger partial charge in [-0.15, -0.1) is 11.3 Å². The molecule has 3 atom stereocenters. The van der Waals surface area contributed by atoms with Crippen molar-refractivity contribution in [1.29, 1.82) is 0 Å². The second-order valence-electron chi connectivity index (χ2n) is 11.9. The van der Waals surface area contributed by atoms with Crippen LogP contribution in [0.15, 0.2) is 82.8 Å². The SMILES string of the molecule is CC(C)C[C@@H]1CN(C(=O)/C=C/c2ccccc2)CC(=O)N[C@H](Cc2ccccc2)c2nc(cs2)C(=O)N[C@H](C)c2nc(co2)C(=O)N1. The van der Waals surface area contributed by atoms with Crippen molar-refractivity contribution in [3.8, 4) is 0 Å². The van der Waals surface area contributed by atoms with E-state index in [1.165, 1.54) is 28.6 Å². The average molecular weight is 655 g/mol. The molecule has 11 nitrogen and oxygen atoms in total. The molecule has 3 heterocycles. The summed E-state index contributed by atoms with van der Waals surface area (Å²) in [5.41, 5.74) is 2.01. The minimum Gasteiger partial charge on any atom is -0.446 e. The van der Waals surface area contributed by atoms with Gasteiger partial charge in [-0.25, -0.2) is 9.97 Å². The van der Waals surface area contributed by atoms with Gasteiger partial charge in [-0.3, -0.25) is 19.2 Å². The molecule has 0 radical (unpaired) electrons. The van der Waals surface area contributed by atoms with Crippen LogP contribution in [-0.2, 0) is 16.0 Å². The minimum atomic E-state index is -0.649. The van der Waals surface area contributed by atoms with Crippen molar-refractivity contribution in [1.82, 2.24) is 30.8 Å². The van der Waals surface area contributed by atoms with E-state index in [0.717, 1.165) is 11.1 Å². The molecule has 0 saturated carbocycles. The number of hydrogen-bond acceptors (Lipinski definition) is 8. The molecule has 4 aromatic rings. The number of nitrogens with zero attached hydrogens (tertiary/aromatic N) is 3. The summed E-state index contributed by atoms with van der Waals surface area (Å²) < 4.78 is 5.56. The molecule has 2 aromatic carbocycles. The first-order valence-electron chi connectivity index (χ1n) is 15.5. The molecule has 4 amide bonds. The molecule has 0 aliphatic carbocycles. The first-order chi connectivity index (χ1) is 22.6. The maximum atomic E-state index is 13.7. The lowest BCUT2D eigenvalue weighted by Gasteiger charge is -2.29. The normalized spacial score (nSPS) is 19.5. The highest BCUT2D eigenvalue weighted by molar-refractivity contribution is 7.09. The second-order valence-corrected chi connectivity index (χ2v) is 12.8. The van der Waals surface area contributed by atoms with Crippen molar-refractivity contribution in [3.63, 3.8) is 0 Å². The molecule has 0 spiro atoms. The van der Waals surface area contributed by atoms with E-state index in [2.05, 4.69) is 25.9 Å². The molecule has 0 saturated heterocycles. The maximum absolute atomic E-state index is 13.7. The molecule has 1 aliphatic heterocycles. The van der Waals surface area contributed by atoms with Crippen LogP contribution in [0, 0.1) is 5.92 Å². The Balaban J connectivity index is 1.50. The van der Waals surface area contributed by atoms with E-state index in [1.54, 1.807) is 18.4 Å². The van der Waals surface area contributed by atoms with Crippen LogP contribution in [0.5, 0.6) is 0 Å². The van der Waals surface area contributed by atoms with Gasteiger partial charge in [0, 0.05) is 24.0 Å². The fourth-order valence-electron chi connectivity index (χ4n) is 5.28. The van der Waals surface area contributed by atoms with E-state index in [9.17, 15) is 19.2 Å². The molecule has 12 heteroatoms. The van der Waals surface area contributed by atoms with Crippen LogP contribution in [0.4, 0.5) is 0 Å². The average Bonchev–Trinajstić information content (AvgIpc) is 3.75. The number of carbonyl (C=O) groups excluding carboxylic acids is 4. The van der Waals surface area contributed by atoms with Gasteiger partial charge in [0.1, 0.15) is 23.0 Å². The number of thiazole rings is 1.